The van der Waals surface area contributed by atoms with Crippen LogP contribution >= 0.6 is 0 Å². The van der Waals surface area contributed by atoms with E-state index in [1.807, 2.05) is 26.2 Å². The van der Waals surface area contributed by atoms with Gasteiger partial charge in [-0.25, -0.2) is 4.79 Å². The van der Waals surface area contributed by atoms with Crippen LogP contribution in [0.4, 0.5) is 4.79 Å². The summed E-state index contributed by atoms with van der Waals surface area (Å²) in [5, 5.41) is 2.84. The van der Waals surface area contributed by atoms with Crippen molar-refractivity contribution >= 4 is 6.09 Å². The zero-order valence-electron chi connectivity index (χ0n) is 9.12. The molecule has 0 bridgehead atoms. The molecule has 0 saturated carbocycles. The Kier molecular flexibility index (Phi) is 2.42. The van der Waals surface area contributed by atoms with E-state index in [1.54, 1.807) is 0 Å². The largest absolute Gasteiger partial charge is 0.447 e. The van der Waals surface area contributed by atoms with Gasteiger partial charge in [-0.05, 0) is 31.9 Å². The van der Waals surface area contributed by atoms with E-state index in [1.165, 1.54) is 5.69 Å². The minimum atomic E-state index is -0.301. The Labute approximate surface area is 89.2 Å². The van der Waals surface area contributed by atoms with Crippen LogP contribution in [0.25, 0.3) is 0 Å². The lowest BCUT2D eigenvalue weighted by molar-refractivity contribution is 0.172. The summed E-state index contributed by atoms with van der Waals surface area (Å²) in [5.41, 5.74) is 1.07. The van der Waals surface area contributed by atoms with E-state index in [-0.39, 0.29) is 11.6 Å². The second-order valence-electron chi connectivity index (χ2n) is 4.37. The standard InChI is InChI=1S/C11H16N2O2/c1-11(8-15-10(14)12-11)6-5-9-4-3-7-13(9)2/h3-4,7H,5-6,8H2,1-2H3,(H,12,14)/t11-/m1/s1. The normalized spacial score (nSPS) is 25.1. The van der Waals surface area contributed by atoms with Crippen LogP contribution < -0.4 is 5.32 Å². The van der Waals surface area contributed by atoms with Crippen LogP contribution in [0.15, 0.2) is 18.3 Å². The summed E-state index contributed by atoms with van der Waals surface area (Å²) in [7, 11) is 2.03. The zero-order valence-corrected chi connectivity index (χ0v) is 9.12. The highest BCUT2D eigenvalue weighted by atomic mass is 16.6. The number of nitrogens with one attached hydrogen (secondary N) is 1. The molecule has 0 spiro atoms. The maximum absolute atomic E-state index is 10.9. The minimum absolute atomic E-state index is 0.207. The van der Waals surface area contributed by atoms with Gasteiger partial charge >= 0.3 is 6.09 Å². The molecule has 4 heteroatoms. The molecule has 15 heavy (non-hydrogen) atoms. The van der Waals surface area contributed by atoms with Crippen molar-refractivity contribution in [2.75, 3.05) is 6.61 Å². The Balaban J connectivity index is 1.93. The van der Waals surface area contributed by atoms with Gasteiger partial charge in [0.15, 0.2) is 0 Å². The number of amides is 1. The van der Waals surface area contributed by atoms with Crippen LogP contribution in [-0.2, 0) is 18.2 Å². The summed E-state index contributed by atoms with van der Waals surface area (Å²) < 4.78 is 7.01. The van der Waals surface area contributed by atoms with E-state index in [9.17, 15) is 4.79 Å². The van der Waals surface area contributed by atoms with Crippen molar-refractivity contribution in [3.05, 3.63) is 24.0 Å². The summed E-state index contributed by atoms with van der Waals surface area (Å²) in [5.74, 6) is 0. The van der Waals surface area contributed by atoms with E-state index in [0.717, 1.165) is 12.8 Å². The number of hydrogen-bond acceptors (Lipinski definition) is 2. The first kappa shape index (κ1) is 10.1. The number of carbonyl (C=O) groups excluding carboxylic acids is 1. The lowest BCUT2D eigenvalue weighted by Gasteiger charge is -2.20. The molecule has 1 fully saturated rings. The molecular weight excluding hydrogens is 192 g/mol. The maximum Gasteiger partial charge on any atom is 0.407 e. The number of ether oxygens (including phenoxy) is 1. The predicted octanol–water partition coefficient (Wildman–Crippen LogP) is 1.46. The minimum Gasteiger partial charge on any atom is -0.447 e. The van der Waals surface area contributed by atoms with Gasteiger partial charge in [0.05, 0.1) is 5.54 Å². The predicted molar refractivity (Wildman–Crippen MR) is 56.6 cm³/mol. The number of nitrogens with zero attached hydrogens (tertiary/aromatic N) is 1. The third-order valence-electron chi connectivity index (χ3n) is 2.91. The first-order valence-electron chi connectivity index (χ1n) is 5.14. The number of aromatic nitrogens is 1. The van der Waals surface area contributed by atoms with E-state index in [4.69, 9.17) is 4.74 Å². The molecule has 82 valence electrons. The van der Waals surface area contributed by atoms with E-state index in [2.05, 4.69) is 16.0 Å². The van der Waals surface area contributed by atoms with Crippen LogP contribution in [0, 0.1) is 0 Å². The molecule has 2 rings (SSSR count). The molecule has 1 aromatic rings. The molecule has 0 aliphatic carbocycles. The summed E-state index contributed by atoms with van der Waals surface area (Å²) in [6, 6.07) is 4.13. The molecule has 4 nitrogen and oxygen atoms in total. The highest BCUT2D eigenvalue weighted by Gasteiger charge is 2.34. The molecule has 1 aliphatic rings. The first-order valence-corrected chi connectivity index (χ1v) is 5.14. The summed E-state index contributed by atoms with van der Waals surface area (Å²) in [4.78, 5) is 10.9. The molecule has 1 aliphatic heterocycles. The lowest BCUT2D eigenvalue weighted by Crippen LogP contribution is -2.40. The summed E-state index contributed by atoms with van der Waals surface area (Å²) in [6.45, 7) is 2.48. The molecule has 1 aromatic heterocycles. The van der Waals surface area contributed by atoms with Gasteiger partial charge in [0, 0.05) is 18.9 Å². The molecule has 2 heterocycles. The van der Waals surface area contributed by atoms with E-state index >= 15 is 0 Å². The van der Waals surface area contributed by atoms with Crippen molar-refractivity contribution < 1.29 is 9.53 Å². The molecule has 0 unspecified atom stereocenters. The third-order valence-corrected chi connectivity index (χ3v) is 2.91. The maximum atomic E-state index is 10.9. The Morgan fingerprint density at radius 2 is 2.47 bits per heavy atom. The van der Waals surface area contributed by atoms with Crippen LogP contribution in [-0.4, -0.2) is 22.8 Å². The fraction of sp³-hybridized carbons (Fsp3) is 0.545. The van der Waals surface area contributed by atoms with Crippen LogP contribution in [0.5, 0.6) is 0 Å². The molecule has 1 atom stereocenters. The van der Waals surface area contributed by atoms with E-state index < -0.39 is 0 Å². The fourth-order valence-corrected chi connectivity index (χ4v) is 1.84. The Morgan fingerprint density at radius 3 is 3.00 bits per heavy atom. The second-order valence-corrected chi connectivity index (χ2v) is 4.37. The smallest absolute Gasteiger partial charge is 0.407 e. The number of alkyl carbamates (subject to hydrolysis) is 1. The van der Waals surface area contributed by atoms with Crippen molar-refractivity contribution in [2.45, 2.75) is 25.3 Å². The first-order chi connectivity index (χ1) is 7.09. The molecule has 1 amide bonds. The summed E-state index contributed by atoms with van der Waals surface area (Å²) in [6.07, 6.45) is 3.58. The second kappa shape index (κ2) is 3.61. The lowest BCUT2D eigenvalue weighted by atomic mass is 9.97. The van der Waals surface area contributed by atoms with Crippen LogP contribution in [0.2, 0.25) is 0 Å². The van der Waals surface area contributed by atoms with Gasteiger partial charge in [0.1, 0.15) is 6.61 Å². The Hall–Kier alpha value is -1.45. The van der Waals surface area contributed by atoms with Gasteiger partial charge in [-0.3, -0.25) is 0 Å². The zero-order chi connectivity index (χ0) is 10.9. The Bertz CT molecular complexity index is 372. The number of rotatable bonds is 3. The number of carbonyl (C=O) groups is 1. The van der Waals surface area contributed by atoms with Crippen molar-refractivity contribution in [1.29, 1.82) is 0 Å². The van der Waals surface area contributed by atoms with Gasteiger partial charge in [-0.15, -0.1) is 0 Å². The highest BCUT2D eigenvalue weighted by Crippen LogP contribution is 2.19. The fourth-order valence-electron chi connectivity index (χ4n) is 1.84. The highest BCUT2D eigenvalue weighted by molar-refractivity contribution is 5.70. The Morgan fingerprint density at radius 1 is 1.67 bits per heavy atom. The number of cyclic esters (lactones) is 1. The van der Waals surface area contributed by atoms with Crippen LogP contribution in [0.1, 0.15) is 19.0 Å². The van der Waals surface area contributed by atoms with Gasteiger partial charge in [0.25, 0.3) is 0 Å². The number of aryl methyl sites for hydroxylation is 2. The van der Waals surface area contributed by atoms with Crippen LogP contribution in [0.3, 0.4) is 0 Å². The SMILES string of the molecule is Cn1cccc1CC[C@]1(C)COC(=O)N1. The average molecular weight is 208 g/mol. The van der Waals surface area contributed by atoms with Crippen molar-refractivity contribution in [2.24, 2.45) is 7.05 Å². The molecular formula is C11H16N2O2. The van der Waals surface area contributed by atoms with Gasteiger partial charge in [0.2, 0.25) is 0 Å². The molecule has 0 radical (unpaired) electrons. The van der Waals surface area contributed by atoms with Gasteiger partial charge < -0.3 is 14.6 Å². The summed E-state index contributed by atoms with van der Waals surface area (Å²) >= 11 is 0. The van der Waals surface area contributed by atoms with Crippen molar-refractivity contribution in [3.63, 3.8) is 0 Å². The third kappa shape index (κ3) is 2.14. The van der Waals surface area contributed by atoms with Crippen molar-refractivity contribution in [1.82, 2.24) is 9.88 Å². The van der Waals surface area contributed by atoms with Crippen molar-refractivity contribution in [3.8, 4) is 0 Å². The van der Waals surface area contributed by atoms with Gasteiger partial charge in [-0.1, -0.05) is 0 Å². The molecule has 1 saturated heterocycles. The quantitative estimate of drug-likeness (QED) is 0.817. The molecule has 0 aromatic carbocycles. The monoisotopic (exact) mass is 208 g/mol. The topological polar surface area (TPSA) is 43.3 Å². The van der Waals surface area contributed by atoms with Gasteiger partial charge in [-0.2, -0.15) is 0 Å². The molecule has 1 N–H and O–H groups in total. The number of hydrogen-bond donors (Lipinski definition) is 1. The average Bonchev–Trinajstić information content (AvgIpc) is 2.71. The van der Waals surface area contributed by atoms with E-state index in [0.29, 0.717) is 6.61 Å².